The fraction of sp³-hybridized carbons (Fsp3) is 0.214. The zero-order valence-corrected chi connectivity index (χ0v) is 18.5. The molecule has 6 heteroatoms. The van der Waals surface area contributed by atoms with Crippen LogP contribution in [-0.2, 0) is 29.0 Å². The topological polar surface area (TPSA) is 66.8 Å². The number of ether oxygens (including phenoxy) is 3. The molecule has 2 heterocycles. The molecule has 1 aliphatic carbocycles. The molecule has 170 valence electrons. The fourth-order valence-corrected chi connectivity index (χ4v) is 4.95. The van der Waals surface area contributed by atoms with E-state index in [2.05, 4.69) is 0 Å². The number of aromatic nitrogens is 1. The summed E-state index contributed by atoms with van der Waals surface area (Å²) in [6, 6.07) is 22.9. The third-order valence-electron chi connectivity index (χ3n) is 6.65. The number of carbonyl (C=O) groups excluding carboxylic acids is 2. The predicted octanol–water partition coefficient (Wildman–Crippen LogP) is 4.91. The zero-order chi connectivity index (χ0) is 23.1. The molecule has 3 aromatic carbocycles. The zero-order valence-electron chi connectivity index (χ0n) is 18.5. The second kappa shape index (κ2) is 8.37. The summed E-state index contributed by atoms with van der Waals surface area (Å²) in [5.74, 6) is 0.704. The van der Waals surface area contributed by atoms with Crippen LogP contribution in [0.3, 0.4) is 0 Å². The molecule has 0 bridgehead atoms. The number of fused-ring (bicyclic) bond motifs is 4. The third-order valence-corrected chi connectivity index (χ3v) is 6.65. The van der Waals surface area contributed by atoms with E-state index in [1.807, 2.05) is 54.6 Å². The van der Waals surface area contributed by atoms with Crippen molar-refractivity contribution in [2.45, 2.75) is 25.9 Å². The minimum Gasteiger partial charge on any atom is -0.461 e. The quantitative estimate of drug-likeness (QED) is 0.411. The summed E-state index contributed by atoms with van der Waals surface area (Å²) < 4.78 is 18.3. The lowest BCUT2D eigenvalue weighted by atomic mass is 9.86. The molecule has 0 N–H and O–H groups in total. The van der Waals surface area contributed by atoms with Gasteiger partial charge in [-0.1, -0.05) is 48.5 Å². The highest BCUT2D eigenvalue weighted by Gasteiger charge is 2.32. The SMILES string of the molecule is O=C(OCc1ccccc1)C1CCc2c(c3ccccc3n2C(=O)c2ccc3c(c2)OCO3)C1. The minimum atomic E-state index is -0.226. The van der Waals surface area contributed by atoms with E-state index in [1.54, 1.807) is 22.8 Å². The van der Waals surface area contributed by atoms with Crippen molar-refractivity contribution in [3.05, 3.63) is 95.2 Å². The molecule has 0 spiro atoms. The Balaban J connectivity index is 1.30. The highest BCUT2D eigenvalue weighted by molar-refractivity contribution is 6.04. The largest absolute Gasteiger partial charge is 0.461 e. The first kappa shape index (κ1) is 20.5. The summed E-state index contributed by atoms with van der Waals surface area (Å²) in [6.45, 7) is 0.435. The summed E-state index contributed by atoms with van der Waals surface area (Å²) in [6.07, 6.45) is 1.83. The number of carbonyl (C=O) groups is 2. The van der Waals surface area contributed by atoms with Gasteiger partial charge in [0, 0.05) is 16.6 Å². The molecule has 34 heavy (non-hydrogen) atoms. The van der Waals surface area contributed by atoms with E-state index in [1.165, 1.54) is 0 Å². The summed E-state index contributed by atoms with van der Waals surface area (Å²) in [4.78, 5) is 26.5. The van der Waals surface area contributed by atoms with Gasteiger partial charge in [-0.25, -0.2) is 0 Å². The minimum absolute atomic E-state index is 0.110. The Kier molecular flexibility index (Phi) is 5.06. The maximum atomic E-state index is 13.6. The smallest absolute Gasteiger partial charge is 0.309 e. The lowest BCUT2D eigenvalue weighted by molar-refractivity contribution is -0.150. The summed E-state index contributed by atoms with van der Waals surface area (Å²) >= 11 is 0. The number of esters is 1. The van der Waals surface area contributed by atoms with Gasteiger partial charge in [0.1, 0.15) is 6.61 Å². The number of benzene rings is 3. The molecule has 0 amide bonds. The Morgan fingerprint density at radius 1 is 0.941 bits per heavy atom. The van der Waals surface area contributed by atoms with E-state index in [9.17, 15) is 9.59 Å². The van der Waals surface area contributed by atoms with Gasteiger partial charge in [0.05, 0.1) is 11.4 Å². The monoisotopic (exact) mass is 453 g/mol. The van der Waals surface area contributed by atoms with E-state index < -0.39 is 0 Å². The summed E-state index contributed by atoms with van der Waals surface area (Å²) in [7, 11) is 0. The Labute approximate surface area is 196 Å². The molecule has 4 aromatic rings. The Bertz CT molecular complexity index is 1410. The van der Waals surface area contributed by atoms with Gasteiger partial charge in [0.25, 0.3) is 5.91 Å². The maximum absolute atomic E-state index is 13.6. The van der Waals surface area contributed by atoms with E-state index in [0.717, 1.165) is 27.7 Å². The van der Waals surface area contributed by atoms with Crippen LogP contribution in [0.5, 0.6) is 11.5 Å². The van der Waals surface area contributed by atoms with Gasteiger partial charge in [-0.05, 0) is 54.7 Å². The number of hydrogen-bond donors (Lipinski definition) is 0. The molecule has 0 saturated heterocycles. The van der Waals surface area contributed by atoms with Gasteiger partial charge in [-0.3, -0.25) is 14.2 Å². The number of rotatable bonds is 4. The molecule has 6 rings (SSSR count). The van der Waals surface area contributed by atoms with Crippen LogP contribution in [0.1, 0.15) is 33.6 Å². The van der Waals surface area contributed by atoms with E-state index >= 15 is 0 Å². The van der Waals surface area contributed by atoms with Crippen molar-refractivity contribution >= 4 is 22.8 Å². The Morgan fingerprint density at radius 2 is 1.74 bits per heavy atom. The third kappa shape index (κ3) is 3.52. The van der Waals surface area contributed by atoms with Gasteiger partial charge in [-0.15, -0.1) is 0 Å². The van der Waals surface area contributed by atoms with Crippen molar-refractivity contribution in [3.63, 3.8) is 0 Å². The van der Waals surface area contributed by atoms with E-state index in [0.29, 0.717) is 36.3 Å². The van der Waals surface area contributed by atoms with Gasteiger partial charge < -0.3 is 14.2 Å². The average molecular weight is 453 g/mol. The molecule has 1 atom stereocenters. The van der Waals surface area contributed by atoms with Gasteiger partial charge in [0.15, 0.2) is 11.5 Å². The highest BCUT2D eigenvalue weighted by Crippen LogP contribution is 2.37. The molecular formula is C28H23NO5. The van der Waals surface area contributed by atoms with Crippen LogP contribution in [0.4, 0.5) is 0 Å². The standard InChI is InChI=1S/C28H23NO5/c30-27(19-11-13-25-26(15-19)34-17-33-25)29-23-9-5-4-8-21(23)22-14-20(10-12-24(22)29)28(31)32-16-18-6-2-1-3-7-18/h1-9,11,13,15,20H,10,12,14,16-17H2. The first-order chi connectivity index (χ1) is 16.7. The second-order valence-electron chi connectivity index (χ2n) is 8.68. The van der Waals surface area contributed by atoms with Gasteiger partial charge in [0.2, 0.25) is 6.79 Å². The van der Waals surface area contributed by atoms with Crippen LogP contribution in [0.25, 0.3) is 10.9 Å². The Hall–Kier alpha value is -4.06. The fourth-order valence-electron chi connectivity index (χ4n) is 4.95. The number of nitrogens with zero attached hydrogens (tertiary/aromatic N) is 1. The molecule has 1 unspecified atom stereocenters. The van der Waals surface area contributed by atoms with Crippen molar-refractivity contribution in [2.24, 2.45) is 5.92 Å². The lowest BCUT2D eigenvalue weighted by Crippen LogP contribution is -2.26. The predicted molar refractivity (Wildman–Crippen MR) is 126 cm³/mol. The maximum Gasteiger partial charge on any atom is 0.309 e. The van der Waals surface area contributed by atoms with E-state index in [4.69, 9.17) is 14.2 Å². The molecule has 6 nitrogen and oxygen atoms in total. The van der Waals surface area contributed by atoms with Crippen LogP contribution in [0.15, 0.2) is 72.8 Å². The second-order valence-corrected chi connectivity index (χ2v) is 8.68. The van der Waals surface area contributed by atoms with Crippen LogP contribution in [0.2, 0.25) is 0 Å². The summed E-state index contributed by atoms with van der Waals surface area (Å²) in [5.41, 5.74) is 4.39. The summed E-state index contributed by atoms with van der Waals surface area (Å²) in [5, 5.41) is 1.01. The van der Waals surface area contributed by atoms with Crippen molar-refractivity contribution in [1.29, 1.82) is 0 Å². The molecule has 1 aromatic heterocycles. The van der Waals surface area contributed by atoms with Crippen LogP contribution < -0.4 is 9.47 Å². The van der Waals surface area contributed by atoms with E-state index in [-0.39, 0.29) is 31.2 Å². The number of para-hydroxylation sites is 1. The Morgan fingerprint density at radius 3 is 2.62 bits per heavy atom. The van der Waals surface area contributed by atoms with Gasteiger partial charge >= 0.3 is 5.97 Å². The van der Waals surface area contributed by atoms with Gasteiger partial charge in [-0.2, -0.15) is 0 Å². The normalized spacial score (nSPS) is 16.3. The van der Waals surface area contributed by atoms with Crippen molar-refractivity contribution in [2.75, 3.05) is 6.79 Å². The first-order valence-corrected chi connectivity index (χ1v) is 11.4. The number of hydrogen-bond acceptors (Lipinski definition) is 5. The molecule has 1 aliphatic heterocycles. The van der Waals surface area contributed by atoms with Crippen molar-refractivity contribution in [1.82, 2.24) is 4.57 Å². The molecule has 2 aliphatic rings. The lowest BCUT2D eigenvalue weighted by Gasteiger charge is -2.22. The first-order valence-electron chi connectivity index (χ1n) is 11.4. The molecule has 0 radical (unpaired) electrons. The van der Waals surface area contributed by atoms with Crippen LogP contribution in [-0.4, -0.2) is 23.2 Å². The molecule has 0 fully saturated rings. The van der Waals surface area contributed by atoms with Crippen LogP contribution in [0, 0.1) is 5.92 Å². The van der Waals surface area contributed by atoms with Crippen molar-refractivity contribution < 1.29 is 23.8 Å². The average Bonchev–Trinajstić information content (AvgIpc) is 3.49. The highest BCUT2D eigenvalue weighted by atomic mass is 16.7. The van der Waals surface area contributed by atoms with Crippen LogP contribution >= 0.6 is 0 Å². The molecular weight excluding hydrogens is 430 g/mol. The molecule has 0 saturated carbocycles. The van der Waals surface area contributed by atoms with Crippen molar-refractivity contribution in [3.8, 4) is 11.5 Å².